The van der Waals surface area contributed by atoms with Crippen LogP contribution in [0.2, 0.25) is 0 Å². The maximum absolute atomic E-state index is 5.25. The van der Waals surface area contributed by atoms with Crippen molar-refractivity contribution >= 4 is 5.96 Å². The second-order valence-electron chi connectivity index (χ2n) is 7.11. The molecule has 1 aliphatic rings. The Morgan fingerprint density at radius 2 is 2.12 bits per heavy atom. The van der Waals surface area contributed by atoms with Crippen LogP contribution in [-0.2, 0) is 6.42 Å². The van der Waals surface area contributed by atoms with Gasteiger partial charge in [-0.25, -0.2) is 0 Å². The van der Waals surface area contributed by atoms with Crippen LogP contribution >= 0.6 is 0 Å². The number of nitrogens with zero attached hydrogens (tertiary/aromatic N) is 4. The maximum Gasteiger partial charge on any atom is 0.228 e. The van der Waals surface area contributed by atoms with Gasteiger partial charge in [0.15, 0.2) is 11.8 Å². The fraction of sp³-hybridized carbons (Fsp3) is 0.833. The molecule has 0 amide bonds. The van der Waals surface area contributed by atoms with Crippen molar-refractivity contribution in [3.8, 4) is 0 Å². The minimum atomic E-state index is 0.294. The van der Waals surface area contributed by atoms with Crippen LogP contribution in [-0.4, -0.2) is 60.3 Å². The molecule has 1 unspecified atom stereocenters. The topological polar surface area (TPSA) is 78.6 Å². The van der Waals surface area contributed by atoms with E-state index in [1.807, 2.05) is 0 Å². The average molecular weight is 351 g/mol. The summed E-state index contributed by atoms with van der Waals surface area (Å²) < 4.78 is 5.25. The highest BCUT2D eigenvalue weighted by Gasteiger charge is 2.17. The van der Waals surface area contributed by atoms with Gasteiger partial charge in [-0.3, -0.25) is 4.99 Å². The summed E-state index contributed by atoms with van der Waals surface area (Å²) in [7, 11) is 1.80. The lowest BCUT2D eigenvalue weighted by atomic mass is 10.0. The lowest BCUT2D eigenvalue weighted by Gasteiger charge is -2.33. The second kappa shape index (κ2) is 10.4. The number of piperidine rings is 1. The SMILES string of the molecule is CN=C(NCCCN1CCCCC1C)NCCc1nc(C(C)C)no1. The average Bonchev–Trinajstić information content (AvgIpc) is 3.07. The van der Waals surface area contributed by atoms with Gasteiger partial charge in [-0.05, 0) is 32.7 Å². The van der Waals surface area contributed by atoms with Gasteiger partial charge in [-0.2, -0.15) is 4.98 Å². The number of likely N-dealkylation sites (tertiary alicyclic amines) is 1. The molecule has 1 aromatic rings. The van der Waals surface area contributed by atoms with Crippen LogP contribution in [0.25, 0.3) is 0 Å². The highest BCUT2D eigenvalue weighted by atomic mass is 16.5. The van der Waals surface area contributed by atoms with Crippen molar-refractivity contribution in [3.05, 3.63) is 11.7 Å². The number of nitrogens with one attached hydrogen (secondary N) is 2. The van der Waals surface area contributed by atoms with Crippen LogP contribution in [0.15, 0.2) is 9.52 Å². The van der Waals surface area contributed by atoms with Crippen molar-refractivity contribution in [1.82, 2.24) is 25.7 Å². The first-order valence-corrected chi connectivity index (χ1v) is 9.61. The molecule has 0 bridgehead atoms. The molecule has 1 aliphatic heterocycles. The second-order valence-corrected chi connectivity index (χ2v) is 7.11. The highest BCUT2D eigenvalue weighted by Crippen LogP contribution is 2.16. The van der Waals surface area contributed by atoms with Gasteiger partial charge in [0.2, 0.25) is 5.89 Å². The molecule has 0 aromatic carbocycles. The third-order valence-electron chi connectivity index (χ3n) is 4.71. The standard InChI is InChI=1S/C18H34N6O/c1-14(2)17-22-16(25-23-17)9-11-21-18(19-4)20-10-7-13-24-12-6-5-8-15(24)3/h14-15H,5-13H2,1-4H3,(H2,19,20,21). The summed E-state index contributed by atoms with van der Waals surface area (Å²) >= 11 is 0. The van der Waals surface area contributed by atoms with E-state index in [1.165, 1.54) is 25.8 Å². The molecule has 2 N–H and O–H groups in total. The Bertz CT molecular complexity index is 527. The Kier molecular flexibility index (Phi) is 8.18. The van der Waals surface area contributed by atoms with Crippen LogP contribution in [0.1, 0.15) is 64.1 Å². The summed E-state index contributed by atoms with van der Waals surface area (Å²) in [5.41, 5.74) is 0. The molecule has 0 aliphatic carbocycles. The zero-order valence-corrected chi connectivity index (χ0v) is 16.2. The lowest BCUT2D eigenvalue weighted by Crippen LogP contribution is -2.41. The molecule has 1 aromatic heterocycles. The molecular formula is C18H34N6O. The highest BCUT2D eigenvalue weighted by molar-refractivity contribution is 5.79. The molecule has 0 spiro atoms. The van der Waals surface area contributed by atoms with E-state index >= 15 is 0 Å². The van der Waals surface area contributed by atoms with E-state index < -0.39 is 0 Å². The van der Waals surface area contributed by atoms with E-state index in [1.54, 1.807) is 7.05 Å². The molecule has 2 heterocycles. The minimum Gasteiger partial charge on any atom is -0.356 e. The van der Waals surface area contributed by atoms with Gasteiger partial charge < -0.3 is 20.1 Å². The van der Waals surface area contributed by atoms with E-state index in [0.29, 0.717) is 18.2 Å². The predicted octanol–water partition coefficient (Wildman–Crippen LogP) is 2.16. The van der Waals surface area contributed by atoms with Gasteiger partial charge in [0.05, 0.1) is 0 Å². The molecule has 7 heteroatoms. The smallest absolute Gasteiger partial charge is 0.228 e. The Hall–Kier alpha value is -1.63. The summed E-state index contributed by atoms with van der Waals surface area (Å²) in [6.07, 6.45) is 5.89. The molecule has 2 rings (SSSR count). The summed E-state index contributed by atoms with van der Waals surface area (Å²) in [6, 6.07) is 0.733. The molecule has 1 atom stereocenters. The van der Waals surface area contributed by atoms with Crippen molar-refractivity contribution in [2.24, 2.45) is 4.99 Å². The van der Waals surface area contributed by atoms with Gasteiger partial charge in [-0.1, -0.05) is 25.4 Å². The quantitative estimate of drug-likeness (QED) is 0.425. The van der Waals surface area contributed by atoms with E-state index in [-0.39, 0.29) is 0 Å². The van der Waals surface area contributed by atoms with Gasteiger partial charge in [0, 0.05) is 45.1 Å². The number of aliphatic imine (C=N–C) groups is 1. The maximum atomic E-state index is 5.25. The molecule has 1 saturated heterocycles. The molecule has 7 nitrogen and oxygen atoms in total. The largest absolute Gasteiger partial charge is 0.356 e. The lowest BCUT2D eigenvalue weighted by molar-refractivity contribution is 0.159. The van der Waals surface area contributed by atoms with Gasteiger partial charge >= 0.3 is 0 Å². The first kappa shape index (κ1) is 19.7. The number of guanidine groups is 1. The van der Waals surface area contributed by atoms with Crippen LogP contribution in [0.5, 0.6) is 0 Å². The van der Waals surface area contributed by atoms with Crippen molar-refractivity contribution in [1.29, 1.82) is 0 Å². The normalized spacial score (nSPS) is 19.4. The fourth-order valence-electron chi connectivity index (χ4n) is 3.09. The van der Waals surface area contributed by atoms with Crippen LogP contribution in [0, 0.1) is 0 Å². The molecule has 1 fully saturated rings. The van der Waals surface area contributed by atoms with Gasteiger partial charge in [0.25, 0.3) is 0 Å². The van der Waals surface area contributed by atoms with E-state index in [9.17, 15) is 0 Å². The summed E-state index contributed by atoms with van der Waals surface area (Å²) in [6.45, 7) is 10.5. The van der Waals surface area contributed by atoms with Gasteiger partial charge in [0.1, 0.15) is 0 Å². The molecule has 0 radical (unpaired) electrons. The Balaban J connectivity index is 1.60. The molecular weight excluding hydrogens is 316 g/mol. The number of aromatic nitrogens is 2. The van der Waals surface area contributed by atoms with Crippen molar-refractivity contribution in [2.45, 2.75) is 64.8 Å². The van der Waals surface area contributed by atoms with Crippen molar-refractivity contribution in [2.75, 3.05) is 33.2 Å². The number of hydrogen-bond donors (Lipinski definition) is 2. The third kappa shape index (κ3) is 6.65. The van der Waals surface area contributed by atoms with Crippen molar-refractivity contribution < 1.29 is 4.52 Å². The zero-order valence-electron chi connectivity index (χ0n) is 16.2. The fourth-order valence-corrected chi connectivity index (χ4v) is 3.09. The summed E-state index contributed by atoms with van der Waals surface area (Å²) in [5, 5.41) is 10.7. The van der Waals surface area contributed by atoms with E-state index in [0.717, 1.165) is 43.9 Å². The van der Waals surface area contributed by atoms with Crippen LogP contribution in [0.3, 0.4) is 0 Å². The third-order valence-corrected chi connectivity index (χ3v) is 4.71. The Labute approximate surface area is 151 Å². The number of hydrogen-bond acceptors (Lipinski definition) is 5. The monoisotopic (exact) mass is 350 g/mol. The van der Waals surface area contributed by atoms with Crippen LogP contribution in [0.4, 0.5) is 0 Å². The first-order chi connectivity index (χ1) is 12.1. The first-order valence-electron chi connectivity index (χ1n) is 9.61. The molecule has 25 heavy (non-hydrogen) atoms. The predicted molar refractivity (Wildman–Crippen MR) is 101 cm³/mol. The number of rotatable bonds is 8. The summed E-state index contributed by atoms with van der Waals surface area (Å²) in [4.78, 5) is 11.2. The van der Waals surface area contributed by atoms with E-state index in [4.69, 9.17) is 4.52 Å². The van der Waals surface area contributed by atoms with Gasteiger partial charge in [-0.15, -0.1) is 0 Å². The van der Waals surface area contributed by atoms with Crippen LogP contribution < -0.4 is 10.6 Å². The molecule has 142 valence electrons. The Morgan fingerprint density at radius 1 is 1.32 bits per heavy atom. The molecule has 0 saturated carbocycles. The van der Waals surface area contributed by atoms with E-state index in [2.05, 4.69) is 51.4 Å². The zero-order chi connectivity index (χ0) is 18.1. The summed E-state index contributed by atoms with van der Waals surface area (Å²) in [5.74, 6) is 2.56. The van der Waals surface area contributed by atoms with Crippen molar-refractivity contribution in [3.63, 3.8) is 0 Å². The minimum absolute atomic E-state index is 0.294. The Morgan fingerprint density at radius 3 is 2.80 bits per heavy atom.